The molecule has 4 atom stereocenters. The molecule has 1 aromatic carbocycles. The monoisotopic (exact) mass is 285 g/mol. The van der Waals surface area contributed by atoms with E-state index in [4.69, 9.17) is 4.74 Å². The quantitative estimate of drug-likeness (QED) is 0.923. The van der Waals surface area contributed by atoms with Crippen molar-refractivity contribution < 1.29 is 9.53 Å². The topological polar surface area (TPSA) is 38.3 Å². The molecule has 1 aromatic rings. The molecular weight excluding hydrogens is 262 g/mol. The summed E-state index contributed by atoms with van der Waals surface area (Å²) in [7, 11) is 0. The van der Waals surface area contributed by atoms with Gasteiger partial charge in [0.1, 0.15) is 5.75 Å². The van der Waals surface area contributed by atoms with Crippen LogP contribution >= 0.6 is 0 Å². The smallest absolute Gasteiger partial charge is 0.220 e. The van der Waals surface area contributed by atoms with E-state index in [-0.39, 0.29) is 11.9 Å². The molecule has 1 heterocycles. The first kappa shape index (κ1) is 13.2. The summed E-state index contributed by atoms with van der Waals surface area (Å²) < 4.78 is 5.66. The van der Waals surface area contributed by atoms with Gasteiger partial charge in [0.25, 0.3) is 0 Å². The first-order valence-electron chi connectivity index (χ1n) is 8.30. The Morgan fingerprint density at radius 2 is 2.10 bits per heavy atom. The zero-order valence-corrected chi connectivity index (χ0v) is 12.4. The van der Waals surface area contributed by atoms with Gasteiger partial charge in [0, 0.05) is 18.4 Å². The van der Waals surface area contributed by atoms with E-state index in [0.29, 0.717) is 12.5 Å². The lowest BCUT2D eigenvalue weighted by molar-refractivity contribution is -0.123. The maximum Gasteiger partial charge on any atom is 0.220 e. The zero-order valence-electron chi connectivity index (χ0n) is 12.4. The molecule has 0 radical (unpaired) electrons. The Bertz CT molecular complexity index is 542. The second-order valence-electron chi connectivity index (χ2n) is 6.93. The number of carbonyl (C=O) groups is 1. The van der Waals surface area contributed by atoms with E-state index in [1.165, 1.54) is 25.7 Å². The maximum absolute atomic E-state index is 12.4. The molecule has 1 amide bonds. The van der Waals surface area contributed by atoms with E-state index in [9.17, 15) is 4.79 Å². The summed E-state index contributed by atoms with van der Waals surface area (Å²) >= 11 is 0. The molecule has 112 valence electrons. The number of amides is 1. The number of rotatable bonds is 3. The second kappa shape index (κ2) is 5.36. The third-order valence-corrected chi connectivity index (χ3v) is 5.63. The molecule has 0 spiro atoms. The Morgan fingerprint density at radius 3 is 2.90 bits per heavy atom. The van der Waals surface area contributed by atoms with E-state index in [2.05, 4.69) is 11.4 Å². The van der Waals surface area contributed by atoms with Crippen molar-refractivity contribution in [2.24, 2.45) is 17.8 Å². The summed E-state index contributed by atoms with van der Waals surface area (Å²) in [4.78, 5) is 12.4. The fourth-order valence-electron chi connectivity index (χ4n) is 4.61. The number of hydrogen-bond donors (Lipinski definition) is 1. The Morgan fingerprint density at radius 1 is 1.19 bits per heavy atom. The highest BCUT2D eigenvalue weighted by atomic mass is 16.5. The standard InChI is InChI=1S/C18H23NO2/c20-18(11-14-10-12-5-6-13(14)9-12)19-16-7-8-21-17-4-2-1-3-15(16)17/h1-4,12-14,16H,5-11H2,(H,19,20)/t12-,13-,14+,16-/m0/s1. The molecule has 0 saturated heterocycles. The molecule has 21 heavy (non-hydrogen) atoms. The zero-order chi connectivity index (χ0) is 14.2. The van der Waals surface area contributed by atoms with Crippen LogP contribution in [0, 0.1) is 17.8 Å². The number of hydrogen-bond acceptors (Lipinski definition) is 2. The Labute approximate surface area is 126 Å². The molecule has 2 bridgehead atoms. The highest BCUT2D eigenvalue weighted by molar-refractivity contribution is 5.77. The lowest BCUT2D eigenvalue weighted by Gasteiger charge is -2.28. The van der Waals surface area contributed by atoms with E-state index in [0.717, 1.165) is 36.0 Å². The van der Waals surface area contributed by atoms with Crippen molar-refractivity contribution in [2.45, 2.75) is 44.6 Å². The van der Waals surface area contributed by atoms with Gasteiger partial charge in [-0.15, -0.1) is 0 Å². The highest BCUT2D eigenvalue weighted by Gasteiger charge is 2.40. The van der Waals surface area contributed by atoms with Crippen LogP contribution in [0.15, 0.2) is 24.3 Å². The molecule has 0 aromatic heterocycles. The van der Waals surface area contributed by atoms with E-state index in [1.807, 2.05) is 18.2 Å². The van der Waals surface area contributed by atoms with E-state index in [1.54, 1.807) is 0 Å². The first-order chi connectivity index (χ1) is 10.3. The molecular formula is C18H23NO2. The summed E-state index contributed by atoms with van der Waals surface area (Å²) in [5.41, 5.74) is 1.13. The predicted octanol–water partition coefficient (Wildman–Crippen LogP) is 3.45. The lowest BCUT2D eigenvalue weighted by atomic mass is 9.86. The summed E-state index contributed by atoms with van der Waals surface area (Å²) in [5, 5.41) is 3.24. The first-order valence-corrected chi connectivity index (χ1v) is 8.30. The fourth-order valence-corrected chi connectivity index (χ4v) is 4.61. The Hall–Kier alpha value is -1.51. The highest BCUT2D eigenvalue weighted by Crippen LogP contribution is 2.49. The number of fused-ring (bicyclic) bond motifs is 3. The molecule has 2 saturated carbocycles. The number of carbonyl (C=O) groups excluding carboxylic acids is 1. The number of para-hydroxylation sites is 1. The summed E-state index contributed by atoms with van der Waals surface area (Å²) in [6.07, 6.45) is 7.00. The van der Waals surface area contributed by atoms with Gasteiger partial charge in [-0.1, -0.05) is 24.6 Å². The largest absolute Gasteiger partial charge is 0.493 e. The van der Waals surface area contributed by atoms with Gasteiger partial charge < -0.3 is 10.1 Å². The summed E-state index contributed by atoms with van der Waals surface area (Å²) in [6, 6.07) is 8.18. The minimum atomic E-state index is 0.126. The van der Waals surface area contributed by atoms with Crippen molar-refractivity contribution >= 4 is 5.91 Å². The van der Waals surface area contributed by atoms with E-state index >= 15 is 0 Å². The van der Waals surface area contributed by atoms with Crippen LogP contribution in [-0.4, -0.2) is 12.5 Å². The van der Waals surface area contributed by atoms with Crippen LogP contribution < -0.4 is 10.1 Å². The van der Waals surface area contributed by atoms with Crippen LogP contribution in [0.1, 0.15) is 50.1 Å². The van der Waals surface area contributed by atoms with Crippen LogP contribution in [0.25, 0.3) is 0 Å². The number of ether oxygens (including phenoxy) is 1. The maximum atomic E-state index is 12.4. The molecule has 3 aliphatic rings. The summed E-state index contributed by atoms with van der Waals surface area (Å²) in [5.74, 6) is 3.53. The van der Waals surface area contributed by atoms with Crippen LogP contribution in [0.4, 0.5) is 0 Å². The molecule has 1 aliphatic heterocycles. The van der Waals surface area contributed by atoms with Crippen LogP contribution in [0.5, 0.6) is 5.75 Å². The molecule has 0 unspecified atom stereocenters. The van der Waals surface area contributed by atoms with Gasteiger partial charge in [-0.3, -0.25) is 4.79 Å². The van der Waals surface area contributed by atoms with Gasteiger partial charge in [0.2, 0.25) is 5.91 Å². The molecule has 4 rings (SSSR count). The third kappa shape index (κ3) is 2.54. The average molecular weight is 285 g/mol. The van der Waals surface area contributed by atoms with E-state index < -0.39 is 0 Å². The second-order valence-corrected chi connectivity index (χ2v) is 6.93. The lowest BCUT2D eigenvalue weighted by Crippen LogP contribution is -2.33. The third-order valence-electron chi connectivity index (χ3n) is 5.63. The Balaban J connectivity index is 1.39. The number of benzene rings is 1. The van der Waals surface area contributed by atoms with Crippen molar-refractivity contribution in [3.63, 3.8) is 0 Å². The van der Waals surface area contributed by atoms with Gasteiger partial charge in [0.05, 0.1) is 12.6 Å². The summed E-state index contributed by atoms with van der Waals surface area (Å²) in [6.45, 7) is 0.691. The molecule has 1 N–H and O–H groups in total. The minimum Gasteiger partial charge on any atom is -0.493 e. The van der Waals surface area contributed by atoms with Crippen molar-refractivity contribution in [2.75, 3.05) is 6.61 Å². The van der Waals surface area contributed by atoms with Crippen molar-refractivity contribution in [1.29, 1.82) is 0 Å². The molecule has 3 heteroatoms. The molecule has 2 aliphatic carbocycles. The molecule has 3 nitrogen and oxygen atoms in total. The van der Waals surface area contributed by atoms with Gasteiger partial charge in [0.15, 0.2) is 0 Å². The van der Waals surface area contributed by atoms with Gasteiger partial charge in [-0.05, 0) is 43.1 Å². The van der Waals surface area contributed by atoms with Crippen molar-refractivity contribution in [1.82, 2.24) is 5.32 Å². The van der Waals surface area contributed by atoms with Crippen LogP contribution in [-0.2, 0) is 4.79 Å². The Kier molecular flexibility index (Phi) is 3.36. The molecule has 2 fully saturated rings. The van der Waals surface area contributed by atoms with Gasteiger partial charge >= 0.3 is 0 Å². The van der Waals surface area contributed by atoms with Gasteiger partial charge in [-0.25, -0.2) is 0 Å². The predicted molar refractivity (Wildman–Crippen MR) is 81.0 cm³/mol. The van der Waals surface area contributed by atoms with Crippen LogP contribution in [0.3, 0.4) is 0 Å². The normalized spacial score (nSPS) is 33.3. The minimum absolute atomic E-state index is 0.126. The van der Waals surface area contributed by atoms with Crippen molar-refractivity contribution in [3.8, 4) is 5.75 Å². The van der Waals surface area contributed by atoms with Gasteiger partial charge in [-0.2, -0.15) is 0 Å². The SMILES string of the molecule is O=C(C[C@H]1C[C@H]2CC[C@H]1C2)N[C@H]1CCOc2ccccc21. The fraction of sp³-hybridized carbons (Fsp3) is 0.611. The van der Waals surface area contributed by atoms with Crippen molar-refractivity contribution in [3.05, 3.63) is 29.8 Å². The van der Waals surface area contributed by atoms with Crippen LogP contribution in [0.2, 0.25) is 0 Å². The average Bonchev–Trinajstić information content (AvgIpc) is 3.10. The number of nitrogens with one attached hydrogen (secondary N) is 1.